The van der Waals surface area contributed by atoms with Crippen molar-refractivity contribution in [1.29, 1.82) is 0 Å². The molecule has 0 radical (unpaired) electrons. The van der Waals surface area contributed by atoms with Crippen molar-refractivity contribution in [1.82, 2.24) is 9.88 Å². The van der Waals surface area contributed by atoms with Crippen LogP contribution in [-0.4, -0.2) is 55.8 Å². The van der Waals surface area contributed by atoms with Crippen LogP contribution in [0.2, 0.25) is 0 Å². The van der Waals surface area contributed by atoms with E-state index in [-0.39, 0.29) is 22.1 Å². The van der Waals surface area contributed by atoms with Gasteiger partial charge in [0.05, 0.1) is 16.2 Å². The molecule has 1 aromatic carbocycles. The molecular weight excluding hydrogens is 449 g/mol. The molecule has 32 heavy (non-hydrogen) atoms. The zero-order valence-electron chi connectivity index (χ0n) is 17.6. The highest BCUT2D eigenvalue weighted by Gasteiger charge is 2.39. The summed E-state index contributed by atoms with van der Waals surface area (Å²) < 4.78 is 73.5. The molecule has 2 heterocycles. The Kier molecular flexibility index (Phi) is 5.72. The number of carbonyl (C=O) groups excluding carboxylic acids is 1. The second-order valence-corrected chi connectivity index (χ2v) is 10.4. The van der Waals surface area contributed by atoms with E-state index < -0.39 is 28.0 Å². The van der Waals surface area contributed by atoms with E-state index in [1.54, 1.807) is 6.26 Å². The van der Waals surface area contributed by atoms with E-state index in [1.807, 2.05) is 0 Å². The lowest BCUT2D eigenvalue weighted by molar-refractivity contribution is -0.189. The third kappa shape index (κ3) is 4.77. The molecule has 11 heteroatoms. The number of rotatable bonds is 6. The number of aromatic nitrogens is 1. The number of hydrogen-bond acceptors (Lipinski definition) is 6. The number of hydrogen-bond donors (Lipinski definition) is 0. The summed E-state index contributed by atoms with van der Waals surface area (Å²) in [7, 11) is -3.68. The average molecular weight is 472 g/mol. The first-order valence-corrected chi connectivity index (χ1v) is 12.1. The van der Waals surface area contributed by atoms with Crippen molar-refractivity contribution >= 4 is 15.7 Å². The number of ether oxygens (including phenoxy) is 1. The molecule has 2 aliphatic rings. The van der Waals surface area contributed by atoms with Crippen LogP contribution in [0.25, 0.3) is 0 Å². The third-order valence-corrected chi connectivity index (χ3v) is 6.84. The van der Waals surface area contributed by atoms with Crippen molar-refractivity contribution in [2.45, 2.75) is 55.2 Å². The Morgan fingerprint density at radius 1 is 1.25 bits per heavy atom. The van der Waals surface area contributed by atoms with Gasteiger partial charge in [0.15, 0.2) is 21.8 Å². The molecule has 0 spiro atoms. The smallest absolute Gasteiger partial charge is 0.425 e. The summed E-state index contributed by atoms with van der Waals surface area (Å²) in [6, 6.07) is 3.30. The third-order valence-electron chi connectivity index (χ3n) is 5.73. The quantitative estimate of drug-likeness (QED) is 0.633. The molecule has 2 atom stereocenters. The zero-order valence-corrected chi connectivity index (χ0v) is 18.4. The Labute approximate surface area is 183 Å². The maximum absolute atomic E-state index is 13.2. The summed E-state index contributed by atoms with van der Waals surface area (Å²) in [6.07, 6.45) is -1.54. The SMILES string of the molecule is C[C@H](Oc1ccc(S(C)(=O)=O)cc1C(=O)N1CCC(c2coc(C3CC3)n2)C1)C(F)(F)F. The predicted octanol–water partition coefficient (Wildman–Crippen LogP) is 3.91. The fraction of sp³-hybridized carbons (Fsp3) is 0.524. The van der Waals surface area contributed by atoms with Gasteiger partial charge in [-0.05, 0) is 44.4 Å². The summed E-state index contributed by atoms with van der Waals surface area (Å²) in [6.45, 7) is 1.48. The molecule has 1 saturated carbocycles. The normalized spacial score (nSPS) is 20.4. The van der Waals surface area contributed by atoms with Gasteiger partial charge in [-0.1, -0.05) is 0 Å². The van der Waals surface area contributed by atoms with Gasteiger partial charge >= 0.3 is 6.18 Å². The first-order valence-electron chi connectivity index (χ1n) is 10.3. The van der Waals surface area contributed by atoms with Crippen LogP contribution in [0.3, 0.4) is 0 Å². The van der Waals surface area contributed by atoms with Crippen molar-refractivity contribution < 1.29 is 35.5 Å². The summed E-state index contributed by atoms with van der Waals surface area (Å²) in [5.74, 6) is 0.0904. The molecule has 2 fully saturated rings. The maximum atomic E-state index is 13.2. The first kappa shape index (κ1) is 22.6. The van der Waals surface area contributed by atoms with Crippen LogP contribution in [0, 0.1) is 0 Å². The molecule has 7 nitrogen and oxygen atoms in total. The molecule has 0 bridgehead atoms. The maximum Gasteiger partial charge on any atom is 0.425 e. The Morgan fingerprint density at radius 2 is 1.97 bits per heavy atom. The Bertz CT molecular complexity index is 1120. The van der Waals surface area contributed by atoms with Crippen LogP contribution in [0.15, 0.2) is 33.8 Å². The highest BCUT2D eigenvalue weighted by atomic mass is 32.2. The van der Waals surface area contributed by atoms with Gasteiger partial charge in [-0.2, -0.15) is 13.2 Å². The predicted molar refractivity (Wildman–Crippen MR) is 107 cm³/mol. The number of carbonyl (C=O) groups is 1. The second-order valence-electron chi connectivity index (χ2n) is 8.35. The van der Waals surface area contributed by atoms with E-state index in [9.17, 15) is 26.4 Å². The van der Waals surface area contributed by atoms with Crippen LogP contribution in [0.1, 0.15) is 60.0 Å². The number of benzene rings is 1. The second kappa shape index (κ2) is 8.09. The van der Waals surface area contributed by atoms with Crippen LogP contribution >= 0.6 is 0 Å². The summed E-state index contributed by atoms with van der Waals surface area (Å²) >= 11 is 0. The van der Waals surface area contributed by atoms with Gasteiger partial charge in [-0.15, -0.1) is 0 Å². The van der Waals surface area contributed by atoms with Crippen molar-refractivity contribution in [3.63, 3.8) is 0 Å². The molecule has 1 aliphatic carbocycles. The topological polar surface area (TPSA) is 89.7 Å². The van der Waals surface area contributed by atoms with Gasteiger partial charge in [0.25, 0.3) is 5.91 Å². The molecule has 1 aromatic heterocycles. The van der Waals surface area contributed by atoms with E-state index in [0.717, 1.165) is 49.9 Å². The Balaban J connectivity index is 1.58. The van der Waals surface area contributed by atoms with Crippen molar-refractivity contribution in [3.05, 3.63) is 41.6 Å². The van der Waals surface area contributed by atoms with Crippen LogP contribution in [0.4, 0.5) is 13.2 Å². The standard InChI is InChI=1S/C21H23F3N2O5S/c1-12(21(22,23)24)31-18-6-5-15(32(2,28)29)9-16(18)20(27)26-8-7-14(10-26)17-11-30-19(25-17)13-3-4-13/h5-6,9,11-14H,3-4,7-8,10H2,1-2H3/t12-,14?/m0/s1. The Morgan fingerprint density at radius 3 is 2.59 bits per heavy atom. The number of sulfone groups is 1. The summed E-state index contributed by atoms with van der Waals surface area (Å²) in [4.78, 5) is 19.0. The van der Waals surface area contributed by atoms with Gasteiger partial charge in [-0.25, -0.2) is 13.4 Å². The van der Waals surface area contributed by atoms with Gasteiger partial charge in [0.2, 0.25) is 0 Å². The molecule has 1 aliphatic heterocycles. The zero-order chi connectivity index (χ0) is 23.3. The van der Waals surface area contributed by atoms with Crippen LogP contribution in [0.5, 0.6) is 5.75 Å². The minimum Gasteiger partial charge on any atom is -0.480 e. The van der Waals surface area contributed by atoms with E-state index in [4.69, 9.17) is 9.15 Å². The van der Waals surface area contributed by atoms with Gasteiger partial charge in [0, 0.05) is 31.2 Å². The molecule has 1 amide bonds. The van der Waals surface area contributed by atoms with E-state index >= 15 is 0 Å². The first-order chi connectivity index (χ1) is 14.9. The largest absolute Gasteiger partial charge is 0.480 e. The molecule has 4 rings (SSSR count). The number of amides is 1. The molecule has 174 valence electrons. The number of halogens is 3. The summed E-state index contributed by atoms with van der Waals surface area (Å²) in [5.41, 5.74) is 0.526. The Hall–Kier alpha value is -2.56. The van der Waals surface area contributed by atoms with Crippen molar-refractivity contribution in [3.8, 4) is 5.75 Å². The molecule has 1 saturated heterocycles. The number of oxazole rings is 1. The number of nitrogens with zero attached hydrogens (tertiary/aromatic N) is 2. The van der Waals surface area contributed by atoms with Crippen LogP contribution < -0.4 is 4.74 Å². The number of likely N-dealkylation sites (tertiary alicyclic amines) is 1. The lowest BCUT2D eigenvalue weighted by atomic mass is 10.1. The lowest BCUT2D eigenvalue weighted by Gasteiger charge is -2.22. The minimum atomic E-state index is -4.64. The van der Waals surface area contributed by atoms with Gasteiger partial charge < -0.3 is 14.1 Å². The summed E-state index contributed by atoms with van der Waals surface area (Å²) in [5, 5.41) is 0. The molecule has 2 aromatic rings. The fourth-order valence-electron chi connectivity index (χ4n) is 3.63. The molecular formula is C21H23F3N2O5S. The minimum absolute atomic E-state index is 0.0632. The van der Waals surface area contributed by atoms with Crippen molar-refractivity contribution in [2.24, 2.45) is 0 Å². The van der Waals surface area contributed by atoms with Crippen molar-refractivity contribution in [2.75, 3.05) is 19.3 Å². The van der Waals surface area contributed by atoms with E-state index in [0.29, 0.717) is 31.3 Å². The van der Waals surface area contributed by atoms with Crippen LogP contribution in [-0.2, 0) is 9.84 Å². The fourth-order valence-corrected chi connectivity index (χ4v) is 4.28. The van der Waals surface area contributed by atoms with Gasteiger partial charge in [0.1, 0.15) is 12.0 Å². The monoisotopic (exact) mass is 472 g/mol. The van der Waals surface area contributed by atoms with Gasteiger partial charge in [-0.3, -0.25) is 4.79 Å². The van der Waals surface area contributed by atoms with E-state index in [1.165, 1.54) is 4.90 Å². The lowest BCUT2D eigenvalue weighted by Crippen LogP contribution is -2.33. The number of alkyl halides is 3. The molecule has 0 N–H and O–H groups in total. The average Bonchev–Trinajstić information content (AvgIpc) is 3.24. The highest BCUT2D eigenvalue weighted by molar-refractivity contribution is 7.90. The molecule has 1 unspecified atom stereocenters. The highest BCUT2D eigenvalue weighted by Crippen LogP contribution is 2.40. The van der Waals surface area contributed by atoms with E-state index in [2.05, 4.69) is 4.98 Å².